The fraction of sp³-hybridized carbons (Fsp3) is 0.565. The maximum Gasteiger partial charge on any atom is 0.255 e. The molecule has 7 heteroatoms. The number of benzene rings is 1. The van der Waals surface area contributed by atoms with Crippen molar-refractivity contribution in [3.05, 3.63) is 51.4 Å². The molecular weight excluding hydrogens is 378 g/mol. The van der Waals surface area contributed by atoms with Crippen LogP contribution < -0.4 is 15.4 Å². The van der Waals surface area contributed by atoms with E-state index in [2.05, 4.69) is 46.0 Å². The molecule has 3 heterocycles. The van der Waals surface area contributed by atoms with E-state index in [1.54, 1.807) is 0 Å². The van der Waals surface area contributed by atoms with E-state index < -0.39 is 0 Å². The molecule has 0 aliphatic carbocycles. The zero-order valence-electron chi connectivity index (χ0n) is 18.1. The van der Waals surface area contributed by atoms with Crippen molar-refractivity contribution in [3.63, 3.8) is 0 Å². The van der Waals surface area contributed by atoms with E-state index >= 15 is 0 Å². The van der Waals surface area contributed by atoms with Crippen molar-refractivity contribution >= 4 is 11.6 Å². The van der Waals surface area contributed by atoms with Gasteiger partial charge in [-0.1, -0.05) is 19.1 Å². The lowest BCUT2D eigenvalue weighted by Gasteiger charge is -2.33. The molecule has 1 atom stereocenters. The molecule has 0 bridgehead atoms. The molecule has 2 N–H and O–H groups in total. The smallest absolute Gasteiger partial charge is 0.255 e. The van der Waals surface area contributed by atoms with E-state index in [1.165, 1.54) is 12.0 Å². The minimum atomic E-state index is 0.0316. The monoisotopic (exact) mass is 411 g/mol. The second kappa shape index (κ2) is 9.18. The number of fused-ring (bicyclic) bond motifs is 1. The molecule has 1 aromatic carbocycles. The van der Waals surface area contributed by atoms with Crippen LogP contribution >= 0.6 is 0 Å². The van der Waals surface area contributed by atoms with Crippen LogP contribution in [0, 0.1) is 5.92 Å². The Morgan fingerprint density at radius 3 is 2.80 bits per heavy atom. The summed E-state index contributed by atoms with van der Waals surface area (Å²) in [5.74, 6) is 1.37. The number of aliphatic hydroxyl groups excluding tert-OH is 1. The van der Waals surface area contributed by atoms with Crippen LogP contribution in [0.2, 0.25) is 0 Å². The molecule has 4 rings (SSSR count). The van der Waals surface area contributed by atoms with E-state index in [1.807, 2.05) is 11.9 Å². The van der Waals surface area contributed by atoms with Gasteiger partial charge in [0, 0.05) is 57.6 Å². The van der Waals surface area contributed by atoms with Gasteiger partial charge in [0.25, 0.3) is 5.56 Å². The third kappa shape index (κ3) is 4.68. The fourth-order valence-electron chi connectivity index (χ4n) is 4.54. The number of hydrogen-bond donors (Lipinski definition) is 2. The molecule has 0 amide bonds. The van der Waals surface area contributed by atoms with Crippen molar-refractivity contribution in [1.82, 2.24) is 14.9 Å². The molecule has 162 valence electrons. The lowest BCUT2D eigenvalue weighted by molar-refractivity contribution is 0.240. The van der Waals surface area contributed by atoms with Crippen LogP contribution in [-0.2, 0) is 19.5 Å². The summed E-state index contributed by atoms with van der Waals surface area (Å²) in [6.45, 7) is 7.38. The molecule has 0 spiro atoms. The first-order valence-electron chi connectivity index (χ1n) is 11.0. The molecule has 1 saturated heterocycles. The SMILES string of the molecule is C[C@@H]1CCCN(c2nc3c(c(=O)[nH]2)CCN(Cc2ccc(N(C)CCO)cc2)C3)C1. The predicted molar refractivity (Wildman–Crippen MR) is 120 cm³/mol. The molecule has 2 aliphatic rings. The molecule has 0 radical (unpaired) electrons. The number of aromatic nitrogens is 2. The van der Waals surface area contributed by atoms with Gasteiger partial charge in [-0.05, 0) is 42.9 Å². The van der Waals surface area contributed by atoms with E-state index in [-0.39, 0.29) is 12.2 Å². The van der Waals surface area contributed by atoms with Gasteiger partial charge in [0.05, 0.1) is 12.3 Å². The maximum atomic E-state index is 12.7. The average Bonchev–Trinajstić information content (AvgIpc) is 2.74. The molecule has 2 aromatic rings. The minimum absolute atomic E-state index is 0.0316. The molecule has 7 nitrogen and oxygen atoms in total. The summed E-state index contributed by atoms with van der Waals surface area (Å²) < 4.78 is 0. The Hall–Kier alpha value is -2.38. The largest absolute Gasteiger partial charge is 0.395 e. The summed E-state index contributed by atoms with van der Waals surface area (Å²) in [5, 5.41) is 9.10. The van der Waals surface area contributed by atoms with Crippen molar-refractivity contribution < 1.29 is 5.11 Å². The van der Waals surface area contributed by atoms with Crippen LogP contribution in [0.4, 0.5) is 11.6 Å². The van der Waals surface area contributed by atoms with Crippen molar-refractivity contribution in [2.75, 3.05) is 49.6 Å². The summed E-state index contributed by atoms with van der Waals surface area (Å²) in [4.78, 5) is 27.2. The number of likely N-dealkylation sites (N-methyl/N-ethyl adjacent to an activating group) is 1. The first kappa shape index (κ1) is 20.9. The Morgan fingerprint density at radius 1 is 1.27 bits per heavy atom. The van der Waals surface area contributed by atoms with Gasteiger partial charge < -0.3 is 14.9 Å². The van der Waals surface area contributed by atoms with E-state index in [0.29, 0.717) is 19.0 Å². The van der Waals surface area contributed by atoms with Crippen LogP contribution in [0.25, 0.3) is 0 Å². The number of piperidine rings is 1. The third-order valence-electron chi connectivity index (χ3n) is 6.32. The van der Waals surface area contributed by atoms with Gasteiger partial charge in [-0.15, -0.1) is 0 Å². The maximum absolute atomic E-state index is 12.7. The van der Waals surface area contributed by atoms with Gasteiger partial charge in [0.1, 0.15) is 0 Å². The summed E-state index contributed by atoms with van der Waals surface area (Å²) in [6.07, 6.45) is 3.14. The number of nitrogens with one attached hydrogen (secondary N) is 1. The van der Waals surface area contributed by atoms with Gasteiger partial charge >= 0.3 is 0 Å². The van der Waals surface area contributed by atoms with Crippen molar-refractivity contribution in [2.45, 2.75) is 39.3 Å². The predicted octanol–water partition coefficient (Wildman–Crippen LogP) is 1.99. The van der Waals surface area contributed by atoms with Gasteiger partial charge in [0.15, 0.2) is 0 Å². The molecule has 2 aliphatic heterocycles. The Balaban J connectivity index is 1.45. The number of aliphatic hydroxyl groups is 1. The lowest BCUT2D eigenvalue weighted by Crippen LogP contribution is -2.39. The van der Waals surface area contributed by atoms with E-state index in [9.17, 15) is 4.79 Å². The fourth-order valence-corrected chi connectivity index (χ4v) is 4.54. The zero-order chi connectivity index (χ0) is 21.1. The van der Waals surface area contributed by atoms with Crippen molar-refractivity contribution in [3.8, 4) is 0 Å². The highest BCUT2D eigenvalue weighted by atomic mass is 16.3. The molecule has 1 fully saturated rings. The number of aromatic amines is 1. The normalized spacial score (nSPS) is 19.6. The third-order valence-corrected chi connectivity index (χ3v) is 6.32. The first-order valence-corrected chi connectivity index (χ1v) is 11.0. The van der Waals surface area contributed by atoms with Gasteiger partial charge in [0.2, 0.25) is 5.95 Å². The Morgan fingerprint density at radius 2 is 2.07 bits per heavy atom. The molecule has 0 saturated carbocycles. The van der Waals surface area contributed by atoms with Gasteiger partial charge in [-0.3, -0.25) is 14.7 Å². The number of hydrogen-bond acceptors (Lipinski definition) is 6. The average molecular weight is 412 g/mol. The van der Waals surface area contributed by atoms with E-state index in [0.717, 1.165) is 61.9 Å². The van der Waals surface area contributed by atoms with Crippen molar-refractivity contribution in [1.29, 1.82) is 0 Å². The van der Waals surface area contributed by atoms with Crippen LogP contribution in [0.15, 0.2) is 29.1 Å². The second-order valence-electron chi connectivity index (χ2n) is 8.78. The van der Waals surface area contributed by atoms with Crippen LogP contribution in [0.5, 0.6) is 0 Å². The highest BCUT2D eigenvalue weighted by molar-refractivity contribution is 5.46. The molecule has 30 heavy (non-hydrogen) atoms. The topological polar surface area (TPSA) is 75.7 Å². The molecular formula is C23H33N5O2. The lowest BCUT2D eigenvalue weighted by atomic mass is 10.0. The summed E-state index contributed by atoms with van der Waals surface area (Å²) >= 11 is 0. The van der Waals surface area contributed by atoms with E-state index in [4.69, 9.17) is 10.1 Å². The van der Waals surface area contributed by atoms with Gasteiger partial charge in [-0.25, -0.2) is 4.98 Å². The first-order chi connectivity index (χ1) is 14.5. The number of nitrogens with zero attached hydrogens (tertiary/aromatic N) is 4. The van der Waals surface area contributed by atoms with Crippen LogP contribution in [0.3, 0.4) is 0 Å². The Bertz CT molecular complexity index is 911. The standard InChI is InChI=1S/C23H33N5O2/c1-17-4-3-10-28(14-17)23-24-21-16-27(11-9-20(21)22(30)25-23)15-18-5-7-19(8-6-18)26(2)12-13-29/h5-8,17,29H,3-4,9-16H2,1-2H3,(H,24,25,30)/t17-/m1/s1. The highest BCUT2D eigenvalue weighted by Gasteiger charge is 2.24. The summed E-state index contributed by atoms with van der Waals surface area (Å²) in [7, 11) is 1.98. The summed E-state index contributed by atoms with van der Waals surface area (Å²) in [6, 6.07) is 8.48. The van der Waals surface area contributed by atoms with Crippen molar-refractivity contribution in [2.24, 2.45) is 5.92 Å². The molecule has 1 aromatic heterocycles. The number of anilines is 2. The number of H-pyrrole nitrogens is 1. The van der Waals surface area contributed by atoms with Crippen LogP contribution in [-0.4, -0.2) is 59.8 Å². The highest BCUT2D eigenvalue weighted by Crippen LogP contribution is 2.23. The van der Waals surface area contributed by atoms with Gasteiger partial charge in [-0.2, -0.15) is 0 Å². The van der Waals surface area contributed by atoms with Crippen LogP contribution in [0.1, 0.15) is 36.6 Å². The molecule has 0 unspecified atom stereocenters. The summed E-state index contributed by atoms with van der Waals surface area (Å²) in [5.41, 5.74) is 4.16. The Labute approximate surface area is 178 Å². The zero-order valence-corrected chi connectivity index (χ0v) is 18.1. The quantitative estimate of drug-likeness (QED) is 0.757. The minimum Gasteiger partial charge on any atom is -0.395 e. The Kier molecular flexibility index (Phi) is 6.39. The number of rotatable bonds is 6. The second-order valence-corrected chi connectivity index (χ2v) is 8.78.